The monoisotopic (exact) mass is 443 g/mol. The smallest absolute Gasteiger partial charge is 0.433 e. The van der Waals surface area contributed by atoms with Crippen LogP contribution in [0.3, 0.4) is 0 Å². The summed E-state index contributed by atoms with van der Waals surface area (Å²) in [7, 11) is 2.06. The Morgan fingerprint density at radius 1 is 1.16 bits per heavy atom. The first-order chi connectivity index (χ1) is 14.7. The number of ether oxygens (including phenoxy) is 2. The van der Waals surface area contributed by atoms with Crippen LogP contribution in [-0.2, 0) is 10.9 Å². The predicted octanol–water partition coefficient (Wildman–Crippen LogP) is 1.20. The summed E-state index contributed by atoms with van der Waals surface area (Å²) >= 11 is 0. The van der Waals surface area contributed by atoms with Crippen LogP contribution in [0, 0.1) is 0 Å². The first-order valence-corrected chi connectivity index (χ1v) is 10.0. The molecule has 9 nitrogen and oxygen atoms in total. The summed E-state index contributed by atoms with van der Waals surface area (Å²) < 4.78 is 51.3. The number of aliphatic hydroxyl groups excluding tert-OH is 2. The fourth-order valence-corrected chi connectivity index (χ4v) is 3.81. The number of hydrogen-bond acceptors (Lipinski definition) is 8. The van der Waals surface area contributed by atoms with E-state index in [0.29, 0.717) is 5.69 Å². The lowest BCUT2D eigenvalue weighted by Crippen LogP contribution is -2.51. The largest absolute Gasteiger partial charge is 0.469 e. The molecular weight excluding hydrogens is 419 g/mol. The fourth-order valence-electron chi connectivity index (χ4n) is 3.81. The molecule has 0 spiro atoms. The number of hydrogen-bond donors (Lipinski definition) is 2. The molecule has 2 aromatic rings. The van der Waals surface area contributed by atoms with Gasteiger partial charge in [-0.15, -0.1) is 5.10 Å². The van der Waals surface area contributed by atoms with Crippen molar-refractivity contribution in [2.75, 3.05) is 26.7 Å². The summed E-state index contributed by atoms with van der Waals surface area (Å²) in [5.41, 5.74) is -0.735. The Bertz CT molecular complexity index is 887. The quantitative estimate of drug-likeness (QED) is 0.726. The first kappa shape index (κ1) is 21.9. The molecule has 4 rings (SSSR count). The highest BCUT2D eigenvalue weighted by molar-refractivity contribution is 5.18. The highest BCUT2D eigenvalue weighted by Gasteiger charge is 2.42. The molecule has 2 aliphatic rings. The molecule has 0 radical (unpaired) electrons. The van der Waals surface area contributed by atoms with Gasteiger partial charge in [-0.05, 0) is 39.0 Å². The van der Waals surface area contributed by atoms with Crippen molar-refractivity contribution in [3.05, 3.63) is 35.8 Å². The molecule has 0 amide bonds. The number of halogens is 3. The van der Waals surface area contributed by atoms with E-state index >= 15 is 0 Å². The van der Waals surface area contributed by atoms with E-state index < -0.39 is 36.3 Å². The second-order valence-electron chi connectivity index (χ2n) is 7.91. The Hall–Kier alpha value is -2.28. The van der Waals surface area contributed by atoms with Crippen molar-refractivity contribution >= 4 is 0 Å². The third-order valence-electron chi connectivity index (χ3n) is 5.65. The van der Waals surface area contributed by atoms with Crippen molar-refractivity contribution < 1.29 is 32.9 Å². The highest BCUT2D eigenvalue weighted by Crippen LogP contribution is 2.32. The van der Waals surface area contributed by atoms with Crippen molar-refractivity contribution in [1.29, 1.82) is 0 Å². The summed E-state index contributed by atoms with van der Waals surface area (Å²) in [5, 5.41) is 29.3. The average molecular weight is 443 g/mol. The number of nitrogens with zero attached hydrogens (tertiary/aromatic N) is 5. The zero-order chi connectivity index (χ0) is 22.2. The summed E-state index contributed by atoms with van der Waals surface area (Å²) in [5.74, 6) is -0.318. The molecule has 2 fully saturated rings. The van der Waals surface area contributed by atoms with Gasteiger partial charge < -0.3 is 24.6 Å². The van der Waals surface area contributed by atoms with Gasteiger partial charge in [-0.3, -0.25) is 0 Å². The van der Waals surface area contributed by atoms with Crippen molar-refractivity contribution in [3.8, 4) is 5.88 Å². The molecule has 170 valence electrons. The Kier molecular flexibility index (Phi) is 6.15. The molecule has 4 heterocycles. The lowest BCUT2D eigenvalue weighted by atomic mass is 9.98. The Balaban J connectivity index is 1.41. The van der Waals surface area contributed by atoms with Crippen molar-refractivity contribution in [1.82, 2.24) is 24.9 Å². The second kappa shape index (κ2) is 8.69. The standard InChI is InChI=1S/C19H24F3N5O4/c1-26-7-5-11(6-8-26)27-9-12(24-25-27)18-17(29)16(28)13(10-30-18)31-15-4-2-3-14(23-15)19(20,21)22/h2-4,9,11,13,16-18,28-29H,5-8,10H2,1H3/t13-,16+,17+,18+/m0/s1. The normalized spacial score (nSPS) is 28.6. The number of aliphatic hydroxyl groups is 2. The number of likely N-dealkylation sites (tertiary alicyclic amines) is 1. The summed E-state index contributed by atoms with van der Waals surface area (Å²) in [6.45, 7) is 1.73. The van der Waals surface area contributed by atoms with E-state index in [2.05, 4.69) is 27.2 Å². The van der Waals surface area contributed by atoms with Crippen LogP contribution in [-0.4, -0.2) is 80.1 Å². The van der Waals surface area contributed by atoms with Gasteiger partial charge >= 0.3 is 6.18 Å². The Morgan fingerprint density at radius 3 is 2.61 bits per heavy atom. The molecule has 0 aliphatic carbocycles. The topological polar surface area (TPSA) is 106 Å². The zero-order valence-corrected chi connectivity index (χ0v) is 16.8. The minimum atomic E-state index is -4.62. The van der Waals surface area contributed by atoms with Crippen LogP contribution >= 0.6 is 0 Å². The molecule has 12 heteroatoms. The SMILES string of the molecule is CN1CCC(n2cc([C@H]3OC[C@H](Oc4cccc(C(F)(F)F)n4)[C@@H](O)[C@H]3O)nn2)CC1. The van der Waals surface area contributed by atoms with Crippen LogP contribution in [0.5, 0.6) is 5.88 Å². The van der Waals surface area contributed by atoms with E-state index in [9.17, 15) is 23.4 Å². The van der Waals surface area contributed by atoms with Gasteiger partial charge in [-0.25, -0.2) is 9.67 Å². The van der Waals surface area contributed by atoms with E-state index in [4.69, 9.17) is 9.47 Å². The molecule has 0 aromatic carbocycles. The molecule has 2 saturated heterocycles. The zero-order valence-electron chi connectivity index (χ0n) is 16.8. The Labute approximate surface area is 176 Å². The van der Waals surface area contributed by atoms with E-state index in [1.807, 2.05) is 0 Å². The van der Waals surface area contributed by atoms with Crippen LogP contribution in [0.25, 0.3) is 0 Å². The van der Waals surface area contributed by atoms with Crippen molar-refractivity contribution in [2.24, 2.45) is 0 Å². The number of aromatic nitrogens is 4. The van der Waals surface area contributed by atoms with Crippen molar-refractivity contribution in [2.45, 2.75) is 49.5 Å². The van der Waals surface area contributed by atoms with Gasteiger partial charge in [0.25, 0.3) is 0 Å². The third-order valence-corrected chi connectivity index (χ3v) is 5.65. The van der Waals surface area contributed by atoms with Gasteiger partial charge in [0.1, 0.15) is 29.7 Å². The average Bonchev–Trinajstić information content (AvgIpc) is 3.21. The van der Waals surface area contributed by atoms with Crippen LogP contribution in [0.15, 0.2) is 24.4 Å². The molecule has 4 atom stereocenters. The fraction of sp³-hybridized carbons (Fsp3) is 0.632. The van der Waals surface area contributed by atoms with Crippen LogP contribution in [0.2, 0.25) is 0 Å². The van der Waals surface area contributed by atoms with Gasteiger partial charge in [-0.2, -0.15) is 13.2 Å². The minimum Gasteiger partial charge on any atom is -0.469 e. The number of rotatable bonds is 4. The molecule has 0 saturated carbocycles. The van der Waals surface area contributed by atoms with Gasteiger partial charge in [0.15, 0.2) is 6.10 Å². The second-order valence-corrected chi connectivity index (χ2v) is 7.91. The van der Waals surface area contributed by atoms with Crippen LogP contribution < -0.4 is 4.74 Å². The van der Waals surface area contributed by atoms with E-state index in [1.165, 1.54) is 6.07 Å². The minimum absolute atomic E-state index is 0.165. The summed E-state index contributed by atoms with van der Waals surface area (Å²) in [4.78, 5) is 5.64. The lowest BCUT2D eigenvalue weighted by Gasteiger charge is -2.36. The number of alkyl halides is 3. The number of piperidine rings is 1. The molecule has 2 aliphatic heterocycles. The van der Waals surface area contributed by atoms with E-state index in [-0.39, 0.29) is 18.5 Å². The lowest BCUT2D eigenvalue weighted by molar-refractivity contribution is -0.184. The Morgan fingerprint density at radius 2 is 1.90 bits per heavy atom. The third kappa shape index (κ3) is 4.81. The molecule has 2 aromatic heterocycles. The highest BCUT2D eigenvalue weighted by atomic mass is 19.4. The molecular formula is C19H24F3N5O4. The van der Waals surface area contributed by atoms with E-state index in [1.54, 1.807) is 10.9 Å². The molecule has 31 heavy (non-hydrogen) atoms. The predicted molar refractivity (Wildman–Crippen MR) is 100 cm³/mol. The van der Waals surface area contributed by atoms with Crippen LogP contribution in [0.4, 0.5) is 13.2 Å². The van der Waals surface area contributed by atoms with Crippen molar-refractivity contribution in [3.63, 3.8) is 0 Å². The maximum atomic E-state index is 12.8. The van der Waals surface area contributed by atoms with Gasteiger partial charge in [0, 0.05) is 6.07 Å². The molecule has 2 N–H and O–H groups in total. The van der Waals surface area contributed by atoms with E-state index in [0.717, 1.165) is 38.1 Å². The van der Waals surface area contributed by atoms with Gasteiger partial charge in [0.05, 0.1) is 18.8 Å². The molecule has 0 unspecified atom stereocenters. The van der Waals surface area contributed by atoms with Gasteiger partial charge in [0.2, 0.25) is 5.88 Å². The summed E-state index contributed by atoms with van der Waals surface area (Å²) in [6, 6.07) is 3.42. The summed E-state index contributed by atoms with van der Waals surface area (Å²) in [6.07, 6.45) is -5.89. The maximum Gasteiger partial charge on any atom is 0.433 e. The maximum absolute atomic E-state index is 12.8. The van der Waals surface area contributed by atoms with Gasteiger partial charge in [-0.1, -0.05) is 11.3 Å². The first-order valence-electron chi connectivity index (χ1n) is 10.0. The van der Waals surface area contributed by atoms with Crippen LogP contribution in [0.1, 0.15) is 36.4 Å². The molecule has 0 bridgehead atoms. The number of pyridine rings is 1.